The first-order chi connectivity index (χ1) is 11.6. The van der Waals surface area contributed by atoms with E-state index < -0.39 is 5.25 Å². The molecule has 2 aromatic carbocycles. The molecule has 122 valence electrons. The van der Waals surface area contributed by atoms with E-state index in [9.17, 15) is 4.79 Å². The molecule has 24 heavy (non-hydrogen) atoms. The Labute approximate surface area is 159 Å². The number of thioether (sulfide) groups is 1. The number of halogens is 1. The standard InChI is InChI=1S/C17H13ClN2OS3/c18-12-8-6-10(7-9-12)13-14(22)15(21)20-17(19-13)23-16(24-20)11-4-2-1-3-5-11/h1-9,13-14,16,22H/t13-,14+,16?/m1/s1. The Morgan fingerprint density at radius 3 is 2.46 bits per heavy atom. The highest BCUT2D eigenvalue weighted by molar-refractivity contribution is 8.28. The van der Waals surface area contributed by atoms with Gasteiger partial charge in [-0.1, -0.05) is 65.8 Å². The average Bonchev–Trinajstić information content (AvgIpc) is 3.04. The topological polar surface area (TPSA) is 32.7 Å². The number of amidine groups is 1. The molecule has 1 fully saturated rings. The van der Waals surface area contributed by atoms with Gasteiger partial charge >= 0.3 is 0 Å². The van der Waals surface area contributed by atoms with Crippen molar-refractivity contribution < 1.29 is 4.79 Å². The lowest BCUT2D eigenvalue weighted by Gasteiger charge is -2.29. The first-order valence-corrected chi connectivity index (χ1v) is 9.98. The highest BCUT2D eigenvalue weighted by Crippen LogP contribution is 2.53. The van der Waals surface area contributed by atoms with E-state index in [2.05, 4.69) is 24.8 Å². The molecule has 0 saturated carbocycles. The smallest absolute Gasteiger partial charge is 0.254 e. The van der Waals surface area contributed by atoms with Crippen LogP contribution in [0, 0.1) is 0 Å². The number of aliphatic imine (C=N–C) groups is 1. The van der Waals surface area contributed by atoms with Crippen LogP contribution in [0.1, 0.15) is 21.8 Å². The summed E-state index contributed by atoms with van der Waals surface area (Å²) in [6.45, 7) is 0. The van der Waals surface area contributed by atoms with Gasteiger partial charge in [0.05, 0.1) is 6.04 Å². The van der Waals surface area contributed by atoms with Crippen molar-refractivity contribution >= 4 is 59.0 Å². The van der Waals surface area contributed by atoms with Crippen LogP contribution in [0.2, 0.25) is 5.02 Å². The molecule has 1 unspecified atom stereocenters. The Balaban J connectivity index is 1.65. The van der Waals surface area contributed by atoms with Crippen LogP contribution in [-0.4, -0.2) is 20.6 Å². The van der Waals surface area contributed by atoms with Crippen molar-refractivity contribution in [3.05, 3.63) is 70.7 Å². The monoisotopic (exact) mass is 392 g/mol. The maximum absolute atomic E-state index is 12.7. The molecule has 2 aliphatic rings. The number of thiol groups is 1. The third kappa shape index (κ3) is 2.96. The summed E-state index contributed by atoms with van der Waals surface area (Å²) in [5, 5.41) is 0.933. The highest BCUT2D eigenvalue weighted by atomic mass is 35.5. The van der Waals surface area contributed by atoms with Crippen LogP contribution in [0.4, 0.5) is 0 Å². The zero-order valence-electron chi connectivity index (χ0n) is 12.4. The van der Waals surface area contributed by atoms with Gasteiger partial charge in [-0.3, -0.25) is 9.79 Å². The maximum atomic E-state index is 12.7. The van der Waals surface area contributed by atoms with Gasteiger partial charge in [-0.15, -0.1) is 0 Å². The number of fused-ring (bicyclic) bond motifs is 1. The molecule has 3 atom stereocenters. The van der Waals surface area contributed by atoms with Gasteiger partial charge in [-0.2, -0.15) is 12.6 Å². The Kier molecular flexibility index (Phi) is 4.56. The third-order valence-electron chi connectivity index (χ3n) is 3.87. The van der Waals surface area contributed by atoms with Crippen molar-refractivity contribution in [3.63, 3.8) is 0 Å². The lowest BCUT2D eigenvalue weighted by molar-refractivity contribution is -0.123. The SMILES string of the molecule is O=C1[C@@H](S)[C@@H](c2ccc(Cl)cc2)N=C2SC(c3ccccc3)SN12. The zero-order valence-corrected chi connectivity index (χ0v) is 15.7. The third-order valence-corrected chi connectivity index (χ3v) is 7.30. The number of amides is 1. The lowest BCUT2D eigenvalue weighted by Crippen LogP contribution is -2.40. The van der Waals surface area contributed by atoms with Gasteiger partial charge < -0.3 is 0 Å². The van der Waals surface area contributed by atoms with Crippen LogP contribution in [0.3, 0.4) is 0 Å². The highest BCUT2D eigenvalue weighted by Gasteiger charge is 2.44. The molecule has 0 bridgehead atoms. The van der Waals surface area contributed by atoms with Crippen LogP contribution < -0.4 is 0 Å². The predicted octanol–water partition coefficient (Wildman–Crippen LogP) is 4.97. The Bertz CT molecular complexity index is 797. The molecule has 2 aliphatic heterocycles. The predicted molar refractivity (Wildman–Crippen MR) is 106 cm³/mol. The zero-order chi connectivity index (χ0) is 16.7. The Hall–Kier alpha value is -1.08. The fourth-order valence-electron chi connectivity index (χ4n) is 2.64. The van der Waals surface area contributed by atoms with E-state index in [-0.39, 0.29) is 16.5 Å². The van der Waals surface area contributed by atoms with Gasteiger partial charge in [0.1, 0.15) is 9.83 Å². The van der Waals surface area contributed by atoms with Gasteiger partial charge in [-0.05, 0) is 35.2 Å². The van der Waals surface area contributed by atoms with Crippen LogP contribution >= 0.6 is 47.9 Å². The van der Waals surface area contributed by atoms with Gasteiger partial charge in [0.2, 0.25) is 0 Å². The summed E-state index contributed by atoms with van der Waals surface area (Å²) in [5.41, 5.74) is 2.13. The fourth-order valence-corrected chi connectivity index (χ4v) is 5.81. The second kappa shape index (κ2) is 6.67. The van der Waals surface area contributed by atoms with Crippen molar-refractivity contribution in [2.24, 2.45) is 4.99 Å². The van der Waals surface area contributed by atoms with Gasteiger partial charge in [0.15, 0.2) is 5.17 Å². The van der Waals surface area contributed by atoms with E-state index in [4.69, 9.17) is 16.6 Å². The number of hydrogen-bond acceptors (Lipinski definition) is 5. The quantitative estimate of drug-likeness (QED) is 0.578. The van der Waals surface area contributed by atoms with E-state index in [1.807, 2.05) is 42.5 Å². The molecule has 0 spiro atoms. The molecular formula is C17H13ClN2OS3. The first-order valence-electron chi connectivity index (χ1n) is 7.37. The van der Waals surface area contributed by atoms with Crippen molar-refractivity contribution in [2.45, 2.75) is 15.9 Å². The van der Waals surface area contributed by atoms with Gasteiger partial charge in [0.25, 0.3) is 5.91 Å². The van der Waals surface area contributed by atoms with Gasteiger partial charge in [-0.25, -0.2) is 4.31 Å². The number of hydrogen-bond donors (Lipinski definition) is 1. The number of carbonyl (C=O) groups is 1. The summed E-state index contributed by atoms with van der Waals surface area (Å²) in [5.74, 6) is -0.0146. The first kappa shape index (κ1) is 16.4. The maximum Gasteiger partial charge on any atom is 0.254 e. The fraction of sp³-hybridized carbons (Fsp3) is 0.176. The van der Waals surface area contributed by atoms with E-state index in [1.165, 1.54) is 17.5 Å². The summed E-state index contributed by atoms with van der Waals surface area (Å²) in [4.78, 5) is 17.5. The Morgan fingerprint density at radius 2 is 1.75 bits per heavy atom. The number of carbonyl (C=O) groups excluding carboxylic acids is 1. The van der Waals surface area contributed by atoms with E-state index in [0.717, 1.165) is 10.7 Å². The minimum absolute atomic E-state index is 0.0146. The molecule has 0 N–H and O–H groups in total. The molecule has 7 heteroatoms. The summed E-state index contributed by atoms with van der Waals surface area (Å²) < 4.78 is 1.82. The van der Waals surface area contributed by atoms with Crippen LogP contribution in [-0.2, 0) is 4.79 Å². The van der Waals surface area contributed by atoms with Crippen molar-refractivity contribution in [3.8, 4) is 0 Å². The summed E-state index contributed by atoms with van der Waals surface area (Å²) in [7, 11) is 0. The second-order valence-electron chi connectivity index (χ2n) is 5.45. The van der Waals surface area contributed by atoms with Crippen molar-refractivity contribution in [2.75, 3.05) is 0 Å². The largest absolute Gasteiger partial charge is 0.272 e. The molecule has 0 aliphatic carbocycles. The number of rotatable bonds is 2. The van der Waals surface area contributed by atoms with Crippen LogP contribution in [0.5, 0.6) is 0 Å². The van der Waals surface area contributed by atoms with E-state index in [1.54, 1.807) is 16.1 Å². The molecule has 0 radical (unpaired) electrons. The van der Waals surface area contributed by atoms with E-state index in [0.29, 0.717) is 5.02 Å². The van der Waals surface area contributed by atoms with Crippen molar-refractivity contribution in [1.82, 2.24) is 4.31 Å². The second-order valence-corrected chi connectivity index (χ2v) is 8.86. The summed E-state index contributed by atoms with van der Waals surface area (Å²) >= 11 is 13.6. The summed E-state index contributed by atoms with van der Waals surface area (Å²) in [6.07, 6.45) is 0. The van der Waals surface area contributed by atoms with Crippen molar-refractivity contribution in [1.29, 1.82) is 0 Å². The number of benzene rings is 2. The lowest BCUT2D eigenvalue weighted by atomic mass is 10.0. The minimum Gasteiger partial charge on any atom is -0.272 e. The molecule has 2 heterocycles. The molecule has 1 saturated heterocycles. The normalized spacial score (nSPS) is 26.2. The summed E-state index contributed by atoms with van der Waals surface area (Å²) in [6, 6.07) is 17.3. The van der Waals surface area contributed by atoms with Gasteiger partial charge in [0, 0.05) is 5.02 Å². The molecule has 4 rings (SSSR count). The average molecular weight is 393 g/mol. The minimum atomic E-state index is -0.488. The van der Waals surface area contributed by atoms with E-state index >= 15 is 0 Å². The van der Waals surface area contributed by atoms with Crippen LogP contribution in [0.25, 0.3) is 0 Å². The molecule has 3 nitrogen and oxygen atoms in total. The Morgan fingerprint density at radius 1 is 1.04 bits per heavy atom. The van der Waals surface area contributed by atoms with Crippen LogP contribution in [0.15, 0.2) is 59.6 Å². The molecule has 2 aromatic rings. The molecule has 0 aromatic heterocycles. The number of nitrogens with zero attached hydrogens (tertiary/aromatic N) is 2. The molecule has 1 amide bonds. The molecular weight excluding hydrogens is 380 g/mol.